The summed E-state index contributed by atoms with van der Waals surface area (Å²) in [6, 6.07) is 6.32. The van der Waals surface area contributed by atoms with Crippen LogP contribution in [0.2, 0.25) is 0 Å². The van der Waals surface area contributed by atoms with Crippen LogP contribution in [0, 0.1) is 5.92 Å². The maximum Gasteiger partial charge on any atom is 0.224 e. The lowest BCUT2D eigenvalue weighted by molar-refractivity contribution is -0.116. The Bertz CT molecular complexity index is 424. The molecule has 1 aliphatic rings. The first-order valence-corrected chi connectivity index (χ1v) is 8.15. The number of nitrogens with one attached hydrogen (secondary N) is 1. The summed E-state index contributed by atoms with van der Waals surface area (Å²) in [5, 5.41) is 3.17. The lowest BCUT2D eigenvalue weighted by Crippen LogP contribution is -2.15. The zero-order chi connectivity index (χ0) is 14.4. The Morgan fingerprint density at radius 3 is 2.30 bits per heavy atom. The summed E-state index contributed by atoms with van der Waals surface area (Å²) in [6.45, 7) is 4.28. The van der Waals surface area contributed by atoms with Gasteiger partial charge in [-0.05, 0) is 36.3 Å². The van der Waals surface area contributed by atoms with Gasteiger partial charge in [-0.15, -0.1) is 0 Å². The van der Waals surface area contributed by atoms with Gasteiger partial charge in [0.15, 0.2) is 0 Å². The molecule has 0 spiro atoms. The number of benzene rings is 1. The van der Waals surface area contributed by atoms with Crippen molar-refractivity contribution in [1.82, 2.24) is 0 Å². The first kappa shape index (κ1) is 15.1. The molecule has 0 heterocycles. The van der Waals surface area contributed by atoms with Gasteiger partial charge in [0.05, 0.1) is 0 Å². The summed E-state index contributed by atoms with van der Waals surface area (Å²) in [5.41, 5.74) is 3.56. The molecule has 20 heavy (non-hydrogen) atoms. The van der Waals surface area contributed by atoms with Crippen molar-refractivity contribution in [2.24, 2.45) is 5.92 Å². The fourth-order valence-electron chi connectivity index (χ4n) is 3.24. The Hall–Kier alpha value is -1.31. The molecule has 1 aromatic rings. The molecule has 0 unspecified atom stereocenters. The number of carbonyl (C=O) groups is 1. The molecule has 2 rings (SSSR count). The van der Waals surface area contributed by atoms with Crippen LogP contribution in [-0.4, -0.2) is 5.91 Å². The van der Waals surface area contributed by atoms with E-state index < -0.39 is 0 Å². The van der Waals surface area contributed by atoms with Gasteiger partial charge in [-0.1, -0.05) is 57.7 Å². The smallest absolute Gasteiger partial charge is 0.224 e. The van der Waals surface area contributed by atoms with Crippen molar-refractivity contribution in [1.29, 1.82) is 0 Å². The van der Waals surface area contributed by atoms with Crippen molar-refractivity contribution in [2.45, 2.75) is 65.2 Å². The van der Waals surface area contributed by atoms with E-state index in [1.54, 1.807) is 0 Å². The van der Waals surface area contributed by atoms with E-state index >= 15 is 0 Å². The number of aryl methyl sites for hydroxylation is 2. The summed E-state index contributed by atoms with van der Waals surface area (Å²) in [5.74, 6) is 0.973. The molecule has 2 nitrogen and oxygen atoms in total. The van der Waals surface area contributed by atoms with E-state index in [0.29, 0.717) is 6.42 Å². The van der Waals surface area contributed by atoms with Crippen molar-refractivity contribution in [3.8, 4) is 0 Å². The molecule has 1 fully saturated rings. The number of anilines is 1. The van der Waals surface area contributed by atoms with Crippen LogP contribution in [0.5, 0.6) is 0 Å². The average Bonchev–Trinajstić information content (AvgIpc) is 2.98. The topological polar surface area (TPSA) is 29.1 Å². The molecule has 1 amide bonds. The zero-order valence-electron chi connectivity index (χ0n) is 12.9. The van der Waals surface area contributed by atoms with Gasteiger partial charge in [-0.2, -0.15) is 0 Å². The summed E-state index contributed by atoms with van der Waals surface area (Å²) in [7, 11) is 0. The second kappa shape index (κ2) is 7.47. The summed E-state index contributed by atoms with van der Waals surface area (Å²) >= 11 is 0. The van der Waals surface area contributed by atoms with Gasteiger partial charge in [0.2, 0.25) is 5.91 Å². The van der Waals surface area contributed by atoms with Gasteiger partial charge < -0.3 is 5.32 Å². The van der Waals surface area contributed by atoms with Gasteiger partial charge in [0.25, 0.3) is 0 Å². The Balaban J connectivity index is 1.95. The molecule has 0 atom stereocenters. The predicted octanol–water partition coefficient (Wildman–Crippen LogP) is 4.72. The maximum atomic E-state index is 12.2. The first-order chi connectivity index (χ1) is 9.74. The monoisotopic (exact) mass is 273 g/mol. The second-order valence-corrected chi connectivity index (χ2v) is 5.90. The molecule has 110 valence electrons. The fraction of sp³-hybridized carbons (Fsp3) is 0.611. The van der Waals surface area contributed by atoms with E-state index in [-0.39, 0.29) is 5.91 Å². The molecule has 1 aliphatic carbocycles. The number of hydrogen-bond donors (Lipinski definition) is 1. The minimum absolute atomic E-state index is 0.188. The van der Waals surface area contributed by atoms with E-state index in [9.17, 15) is 4.79 Å². The lowest BCUT2D eigenvalue weighted by Gasteiger charge is -2.15. The number of para-hydroxylation sites is 1. The highest BCUT2D eigenvalue weighted by molar-refractivity contribution is 5.92. The summed E-state index contributed by atoms with van der Waals surface area (Å²) < 4.78 is 0. The third kappa shape index (κ3) is 3.84. The average molecular weight is 273 g/mol. The molecule has 0 saturated heterocycles. The SMILES string of the molecule is CCc1cccc(CC)c1NC(=O)CCC1CCCC1. The highest BCUT2D eigenvalue weighted by Gasteiger charge is 2.17. The molecule has 2 heteroatoms. The fourth-order valence-corrected chi connectivity index (χ4v) is 3.24. The molecule has 1 N–H and O–H groups in total. The highest BCUT2D eigenvalue weighted by Crippen LogP contribution is 2.29. The molecule has 0 bridgehead atoms. The van der Waals surface area contributed by atoms with Crippen LogP contribution in [-0.2, 0) is 17.6 Å². The number of carbonyl (C=O) groups excluding carboxylic acids is 1. The van der Waals surface area contributed by atoms with E-state index in [1.807, 2.05) is 0 Å². The quantitative estimate of drug-likeness (QED) is 0.798. The first-order valence-electron chi connectivity index (χ1n) is 8.15. The third-order valence-electron chi connectivity index (χ3n) is 4.52. The van der Waals surface area contributed by atoms with Crippen LogP contribution in [0.3, 0.4) is 0 Å². The summed E-state index contributed by atoms with van der Waals surface area (Å²) in [4.78, 5) is 12.2. The largest absolute Gasteiger partial charge is 0.326 e. The van der Waals surface area contributed by atoms with E-state index in [0.717, 1.165) is 30.9 Å². The van der Waals surface area contributed by atoms with Gasteiger partial charge >= 0.3 is 0 Å². The second-order valence-electron chi connectivity index (χ2n) is 5.90. The molecular weight excluding hydrogens is 246 g/mol. The van der Waals surface area contributed by atoms with Crippen LogP contribution in [0.25, 0.3) is 0 Å². The van der Waals surface area contributed by atoms with Crippen molar-refractivity contribution in [3.05, 3.63) is 29.3 Å². The minimum atomic E-state index is 0.188. The molecule has 0 aromatic heterocycles. The Morgan fingerprint density at radius 2 is 1.75 bits per heavy atom. The number of rotatable bonds is 6. The van der Waals surface area contributed by atoms with E-state index in [1.165, 1.54) is 36.8 Å². The Morgan fingerprint density at radius 1 is 1.15 bits per heavy atom. The number of amides is 1. The molecule has 0 aliphatic heterocycles. The van der Waals surface area contributed by atoms with Gasteiger partial charge in [-0.25, -0.2) is 0 Å². The van der Waals surface area contributed by atoms with Crippen LogP contribution < -0.4 is 5.32 Å². The zero-order valence-corrected chi connectivity index (χ0v) is 12.9. The third-order valence-corrected chi connectivity index (χ3v) is 4.52. The van der Waals surface area contributed by atoms with Crippen LogP contribution in [0.1, 0.15) is 63.5 Å². The van der Waals surface area contributed by atoms with Crippen molar-refractivity contribution in [3.63, 3.8) is 0 Å². The number of hydrogen-bond acceptors (Lipinski definition) is 1. The minimum Gasteiger partial charge on any atom is -0.326 e. The maximum absolute atomic E-state index is 12.2. The van der Waals surface area contributed by atoms with Crippen LogP contribution in [0.15, 0.2) is 18.2 Å². The molecule has 1 saturated carbocycles. The standard InChI is InChI=1S/C18H27NO/c1-3-15-10-7-11-16(4-2)18(15)19-17(20)13-12-14-8-5-6-9-14/h7,10-11,14H,3-6,8-9,12-13H2,1-2H3,(H,19,20). The van der Waals surface area contributed by atoms with E-state index in [4.69, 9.17) is 0 Å². The predicted molar refractivity (Wildman–Crippen MR) is 85.0 cm³/mol. The van der Waals surface area contributed by atoms with Gasteiger partial charge in [-0.3, -0.25) is 4.79 Å². The van der Waals surface area contributed by atoms with Crippen LogP contribution in [0.4, 0.5) is 5.69 Å². The Kier molecular flexibility index (Phi) is 5.63. The van der Waals surface area contributed by atoms with Gasteiger partial charge in [0.1, 0.15) is 0 Å². The van der Waals surface area contributed by atoms with Crippen molar-refractivity contribution in [2.75, 3.05) is 5.32 Å². The lowest BCUT2D eigenvalue weighted by atomic mass is 10.0. The highest BCUT2D eigenvalue weighted by atomic mass is 16.1. The Labute approximate surface area is 123 Å². The normalized spacial score (nSPS) is 15.5. The molecule has 1 aromatic carbocycles. The van der Waals surface area contributed by atoms with Gasteiger partial charge in [0, 0.05) is 12.1 Å². The van der Waals surface area contributed by atoms with Crippen molar-refractivity contribution >= 4 is 11.6 Å². The van der Waals surface area contributed by atoms with Crippen molar-refractivity contribution < 1.29 is 4.79 Å². The molecule has 0 radical (unpaired) electrons. The van der Waals surface area contributed by atoms with Crippen LogP contribution >= 0.6 is 0 Å². The van der Waals surface area contributed by atoms with E-state index in [2.05, 4.69) is 37.4 Å². The molecular formula is C18H27NO. The summed E-state index contributed by atoms with van der Waals surface area (Å²) in [6.07, 6.45) is 9.00.